The van der Waals surface area contributed by atoms with Crippen LogP contribution in [-0.4, -0.2) is 5.84 Å². The zero-order chi connectivity index (χ0) is 20.0. The summed E-state index contributed by atoms with van der Waals surface area (Å²) in [6.07, 6.45) is 7.71. The first-order chi connectivity index (χ1) is 12.8. The molecule has 1 aliphatic rings. The van der Waals surface area contributed by atoms with Crippen LogP contribution in [-0.2, 0) is 0 Å². The molecule has 3 nitrogen and oxygen atoms in total. The van der Waals surface area contributed by atoms with E-state index in [4.69, 9.17) is 33.9 Å². The quantitative estimate of drug-likeness (QED) is 0.350. The highest BCUT2D eigenvalue weighted by atomic mass is 35.5. The Bertz CT molecular complexity index is 740. The second-order valence-corrected chi connectivity index (χ2v) is 8.29. The van der Waals surface area contributed by atoms with Gasteiger partial charge in [-0.15, -0.1) is 0 Å². The smallest absolute Gasteiger partial charge is 0.0961 e. The molecular weight excluding hydrogens is 377 g/mol. The molecule has 0 saturated carbocycles. The summed E-state index contributed by atoms with van der Waals surface area (Å²) in [5.74, 6) is 0.596. The molecule has 0 spiro atoms. The number of amidine groups is 1. The van der Waals surface area contributed by atoms with Crippen LogP contribution in [0.25, 0.3) is 0 Å². The molecule has 27 heavy (non-hydrogen) atoms. The van der Waals surface area contributed by atoms with E-state index in [1.54, 1.807) is 6.07 Å². The van der Waals surface area contributed by atoms with Crippen molar-refractivity contribution >= 4 is 34.7 Å². The van der Waals surface area contributed by atoms with Gasteiger partial charge in [0.2, 0.25) is 0 Å². The highest BCUT2D eigenvalue weighted by Crippen LogP contribution is 2.49. The van der Waals surface area contributed by atoms with Crippen molar-refractivity contribution in [2.75, 3.05) is 5.32 Å². The van der Waals surface area contributed by atoms with Gasteiger partial charge in [0.1, 0.15) is 0 Å². The van der Waals surface area contributed by atoms with E-state index in [0.717, 1.165) is 62.0 Å². The van der Waals surface area contributed by atoms with Crippen molar-refractivity contribution < 1.29 is 0 Å². The van der Waals surface area contributed by atoms with Gasteiger partial charge in [-0.1, -0.05) is 56.5 Å². The average Bonchev–Trinajstić information content (AvgIpc) is 2.59. The average molecular weight is 408 g/mol. The lowest BCUT2D eigenvalue weighted by Gasteiger charge is -2.40. The van der Waals surface area contributed by atoms with Gasteiger partial charge in [-0.3, -0.25) is 0 Å². The number of anilines is 1. The van der Waals surface area contributed by atoms with E-state index in [1.165, 1.54) is 5.57 Å². The maximum Gasteiger partial charge on any atom is 0.0961 e. The van der Waals surface area contributed by atoms with E-state index in [-0.39, 0.29) is 5.41 Å². The van der Waals surface area contributed by atoms with Crippen molar-refractivity contribution in [2.24, 2.45) is 16.1 Å². The highest BCUT2D eigenvalue weighted by Gasteiger charge is 2.38. The fourth-order valence-corrected chi connectivity index (χ4v) is 4.67. The van der Waals surface area contributed by atoms with Crippen LogP contribution in [0.2, 0.25) is 10.0 Å². The largest absolute Gasteiger partial charge is 0.387 e. The predicted octanol–water partition coefficient (Wildman–Crippen LogP) is 7.32. The lowest BCUT2D eigenvalue weighted by atomic mass is 9.67. The fraction of sp³-hybridized carbons (Fsp3) is 0.500. The molecule has 0 bridgehead atoms. The molecule has 0 unspecified atom stereocenters. The molecule has 1 aromatic carbocycles. The zero-order valence-electron chi connectivity index (χ0n) is 16.7. The normalized spacial score (nSPS) is 17.1. The summed E-state index contributed by atoms with van der Waals surface area (Å²) >= 11 is 12.4. The highest BCUT2D eigenvalue weighted by molar-refractivity contribution is 6.36. The minimum atomic E-state index is 0.0755. The number of hydrogen-bond acceptors (Lipinski definition) is 2. The number of nitrogens with zero attached hydrogens (tertiary/aromatic N) is 1. The molecule has 2 rings (SSSR count). The van der Waals surface area contributed by atoms with Crippen molar-refractivity contribution in [3.05, 3.63) is 51.8 Å². The lowest BCUT2D eigenvalue weighted by Crippen LogP contribution is -2.29. The topological polar surface area (TPSA) is 50.4 Å². The minimum Gasteiger partial charge on any atom is -0.387 e. The van der Waals surface area contributed by atoms with Gasteiger partial charge in [0.15, 0.2) is 0 Å². The summed E-state index contributed by atoms with van der Waals surface area (Å²) in [7, 11) is 0. The second kappa shape index (κ2) is 9.66. The van der Waals surface area contributed by atoms with Crippen LogP contribution in [0, 0.1) is 5.41 Å². The molecule has 1 aliphatic carbocycles. The molecule has 148 valence electrons. The third-order valence-electron chi connectivity index (χ3n) is 5.20. The van der Waals surface area contributed by atoms with Gasteiger partial charge >= 0.3 is 0 Å². The van der Waals surface area contributed by atoms with Crippen LogP contribution in [0.5, 0.6) is 0 Å². The van der Waals surface area contributed by atoms with Crippen LogP contribution in [0.1, 0.15) is 65.7 Å². The summed E-state index contributed by atoms with van der Waals surface area (Å²) in [6, 6.07) is 5.43. The molecule has 0 fully saturated rings. The Hall–Kier alpha value is -1.45. The number of aliphatic imine (C=N–C) groups is 1. The lowest BCUT2D eigenvalue weighted by molar-refractivity contribution is 0.245. The molecular formula is C22H31Cl2N3. The predicted molar refractivity (Wildman–Crippen MR) is 120 cm³/mol. The number of nitrogens with two attached hydrogens (primary N) is 1. The van der Waals surface area contributed by atoms with Gasteiger partial charge in [-0.25, -0.2) is 4.99 Å². The molecule has 0 heterocycles. The molecule has 1 aromatic rings. The van der Waals surface area contributed by atoms with Gasteiger partial charge < -0.3 is 11.1 Å². The van der Waals surface area contributed by atoms with Crippen LogP contribution in [0.15, 0.2) is 46.7 Å². The molecule has 0 aromatic heterocycles. The number of rotatable bonds is 8. The molecule has 0 radical (unpaired) electrons. The Morgan fingerprint density at radius 2 is 1.93 bits per heavy atom. The van der Waals surface area contributed by atoms with Gasteiger partial charge in [-0.2, -0.15) is 0 Å². The molecule has 0 amide bonds. The molecule has 5 heteroatoms. The van der Waals surface area contributed by atoms with E-state index in [0.29, 0.717) is 15.9 Å². The number of halogens is 2. The summed E-state index contributed by atoms with van der Waals surface area (Å²) in [6.45, 7) is 10.6. The monoisotopic (exact) mass is 407 g/mol. The SMILES string of the molecule is C=C(Nc1ccc(Cl)cc1Cl)C1=C(N=C(C)N)C(CCC)(CCC)CCC1. The van der Waals surface area contributed by atoms with Crippen LogP contribution in [0.3, 0.4) is 0 Å². The van der Waals surface area contributed by atoms with Crippen molar-refractivity contribution in [2.45, 2.75) is 65.7 Å². The first-order valence-corrected chi connectivity index (χ1v) is 10.5. The van der Waals surface area contributed by atoms with Crippen LogP contribution in [0.4, 0.5) is 5.69 Å². The van der Waals surface area contributed by atoms with Gasteiger partial charge in [-0.05, 0) is 62.8 Å². The maximum absolute atomic E-state index is 6.34. The van der Waals surface area contributed by atoms with E-state index < -0.39 is 0 Å². The first kappa shape index (κ1) is 21.8. The van der Waals surface area contributed by atoms with Crippen molar-refractivity contribution in [3.8, 4) is 0 Å². The maximum atomic E-state index is 6.34. The van der Waals surface area contributed by atoms with E-state index in [9.17, 15) is 0 Å². The molecule has 0 saturated heterocycles. The zero-order valence-corrected chi connectivity index (χ0v) is 18.2. The standard InChI is InChI=1S/C22H31Cl2N3/c1-5-11-22(12-6-2)13-7-8-18(21(22)27-16(4)25)15(3)26-20-10-9-17(23)14-19(20)24/h9-10,14,26H,3,5-8,11-13H2,1-2,4H3,(H2,25,27). The first-order valence-electron chi connectivity index (χ1n) is 9.78. The van der Waals surface area contributed by atoms with Crippen molar-refractivity contribution in [1.29, 1.82) is 0 Å². The number of hydrogen-bond donors (Lipinski definition) is 2. The fourth-order valence-electron chi connectivity index (χ4n) is 4.21. The van der Waals surface area contributed by atoms with Crippen LogP contribution >= 0.6 is 23.2 Å². The van der Waals surface area contributed by atoms with E-state index in [1.807, 2.05) is 19.1 Å². The van der Waals surface area contributed by atoms with Gasteiger partial charge in [0, 0.05) is 16.1 Å². The number of benzene rings is 1. The summed E-state index contributed by atoms with van der Waals surface area (Å²) in [4.78, 5) is 4.83. The van der Waals surface area contributed by atoms with Crippen molar-refractivity contribution in [1.82, 2.24) is 0 Å². The summed E-state index contributed by atoms with van der Waals surface area (Å²) in [5, 5.41) is 4.57. The Balaban J connectivity index is 2.48. The van der Waals surface area contributed by atoms with Gasteiger partial charge in [0.25, 0.3) is 0 Å². The third-order valence-corrected chi connectivity index (χ3v) is 5.74. The summed E-state index contributed by atoms with van der Waals surface area (Å²) in [5.41, 5.74) is 10.0. The Kier molecular flexibility index (Phi) is 7.81. The minimum absolute atomic E-state index is 0.0755. The molecule has 0 atom stereocenters. The van der Waals surface area contributed by atoms with E-state index >= 15 is 0 Å². The second-order valence-electron chi connectivity index (χ2n) is 7.44. The third kappa shape index (κ3) is 5.30. The summed E-state index contributed by atoms with van der Waals surface area (Å²) < 4.78 is 0. The Morgan fingerprint density at radius 3 is 2.48 bits per heavy atom. The number of nitrogens with one attached hydrogen (secondary N) is 1. The van der Waals surface area contributed by atoms with Crippen LogP contribution < -0.4 is 11.1 Å². The van der Waals surface area contributed by atoms with Crippen molar-refractivity contribution in [3.63, 3.8) is 0 Å². The molecule has 3 N–H and O–H groups in total. The Labute approximate surface area is 173 Å². The number of allylic oxidation sites excluding steroid dienone is 2. The van der Waals surface area contributed by atoms with E-state index in [2.05, 4.69) is 25.7 Å². The van der Waals surface area contributed by atoms with Gasteiger partial charge in [0.05, 0.1) is 22.2 Å². The molecule has 0 aliphatic heterocycles. The Morgan fingerprint density at radius 1 is 1.26 bits per heavy atom.